The smallest absolute Gasteiger partial charge is 0.244 e. The van der Waals surface area contributed by atoms with Gasteiger partial charge < -0.3 is 15.0 Å². The van der Waals surface area contributed by atoms with Crippen LogP contribution >= 0.6 is 23.2 Å². The molecule has 2 amide bonds. The number of amides is 2. The molecule has 1 atom stereocenters. The summed E-state index contributed by atoms with van der Waals surface area (Å²) < 4.78 is 31.3. The van der Waals surface area contributed by atoms with Crippen molar-refractivity contribution in [1.82, 2.24) is 10.2 Å². The van der Waals surface area contributed by atoms with E-state index in [2.05, 4.69) is 5.32 Å². The average molecular weight is 530 g/mol. The van der Waals surface area contributed by atoms with E-state index in [0.29, 0.717) is 40.0 Å². The van der Waals surface area contributed by atoms with Crippen LogP contribution in [0.4, 0.5) is 5.69 Å². The third kappa shape index (κ3) is 7.25. The lowest BCUT2D eigenvalue weighted by Crippen LogP contribution is -2.52. The molecular formula is C23H29Cl2N3O5S. The minimum absolute atomic E-state index is 0.0472. The lowest BCUT2D eigenvalue weighted by Gasteiger charge is -2.32. The molecule has 0 spiro atoms. The minimum atomic E-state index is -3.81. The zero-order chi connectivity index (χ0) is 25.5. The van der Waals surface area contributed by atoms with Crippen molar-refractivity contribution in [1.29, 1.82) is 0 Å². The molecule has 2 rings (SSSR count). The largest absolute Gasteiger partial charge is 0.497 e. The van der Waals surface area contributed by atoms with Crippen molar-refractivity contribution in [3.8, 4) is 5.75 Å². The standard InChI is InChI=1S/C23H29Cl2N3O5S/c1-5-21(23(30)26-6-2)27(14-16-7-12-19(24)20(25)13-16)22(29)15-28(34(4,31)32)17-8-10-18(33-3)11-9-17/h7-13,21H,5-6,14-15H2,1-4H3,(H,26,30)/t21-/m0/s1. The van der Waals surface area contributed by atoms with E-state index < -0.39 is 28.5 Å². The molecule has 0 aliphatic heterocycles. The number of carbonyl (C=O) groups excluding carboxylic acids is 2. The molecule has 0 saturated heterocycles. The number of hydrogen-bond acceptors (Lipinski definition) is 5. The molecule has 0 bridgehead atoms. The van der Waals surface area contributed by atoms with Gasteiger partial charge in [0.15, 0.2) is 0 Å². The summed E-state index contributed by atoms with van der Waals surface area (Å²) in [7, 11) is -2.31. The fourth-order valence-electron chi connectivity index (χ4n) is 3.41. The summed E-state index contributed by atoms with van der Waals surface area (Å²) in [6.45, 7) is 3.52. The normalized spacial score (nSPS) is 12.1. The van der Waals surface area contributed by atoms with E-state index in [1.165, 1.54) is 12.0 Å². The predicted octanol–water partition coefficient (Wildman–Crippen LogP) is 3.71. The highest BCUT2D eigenvalue weighted by molar-refractivity contribution is 7.92. The van der Waals surface area contributed by atoms with Gasteiger partial charge in [0, 0.05) is 13.1 Å². The van der Waals surface area contributed by atoms with Gasteiger partial charge in [0.25, 0.3) is 0 Å². The lowest BCUT2D eigenvalue weighted by molar-refractivity contribution is -0.140. The van der Waals surface area contributed by atoms with E-state index in [-0.39, 0.29) is 12.5 Å². The highest BCUT2D eigenvalue weighted by Gasteiger charge is 2.31. The third-order valence-corrected chi connectivity index (χ3v) is 6.99. The fourth-order valence-corrected chi connectivity index (χ4v) is 4.58. The van der Waals surface area contributed by atoms with Crippen molar-refractivity contribution in [3.05, 3.63) is 58.1 Å². The van der Waals surface area contributed by atoms with Crippen LogP contribution in [0.3, 0.4) is 0 Å². The van der Waals surface area contributed by atoms with Gasteiger partial charge in [-0.15, -0.1) is 0 Å². The van der Waals surface area contributed by atoms with Crippen molar-refractivity contribution in [2.24, 2.45) is 0 Å². The molecule has 0 aliphatic rings. The fraction of sp³-hybridized carbons (Fsp3) is 0.391. The Labute approximate surface area is 210 Å². The van der Waals surface area contributed by atoms with Crippen LogP contribution in [0.15, 0.2) is 42.5 Å². The van der Waals surface area contributed by atoms with Gasteiger partial charge in [-0.2, -0.15) is 0 Å². The van der Waals surface area contributed by atoms with Crippen LogP contribution in [0.1, 0.15) is 25.8 Å². The lowest BCUT2D eigenvalue weighted by atomic mass is 10.1. The maximum Gasteiger partial charge on any atom is 0.244 e. The number of likely N-dealkylation sites (N-methyl/N-ethyl adjacent to an activating group) is 1. The number of carbonyl (C=O) groups is 2. The summed E-state index contributed by atoms with van der Waals surface area (Å²) in [4.78, 5) is 27.6. The zero-order valence-electron chi connectivity index (χ0n) is 19.5. The van der Waals surface area contributed by atoms with Crippen LogP contribution in [0.5, 0.6) is 5.75 Å². The summed E-state index contributed by atoms with van der Waals surface area (Å²) in [6, 6.07) is 10.4. The number of nitrogens with zero attached hydrogens (tertiary/aromatic N) is 2. The van der Waals surface area contributed by atoms with E-state index in [4.69, 9.17) is 27.9 Å². The first-order valence-electron chi connectivity index (χ1n) is 10.6. The molecule has 0 heterocycles. The second-order valence-corrected chi connectivity index (χ2v) is 10.3. The molecule has 0 saturated carbocycles. The molecule has 8 nitrogen and oxygen atoms in total. The highest BCUT2D eigenvalue weighted by atomic mass is 35.5. The Hall–Kier alpha value is -2.49. The van der Waals surface area contributed by atoms with Crippen LogP contribution < -0.4 is 14.4 Å². The van der Waals surface area contributed by atoms with Crippen LogP contribution in [0, 0.1) is 0 Å². The second-order valence-electron chi connectivity index (χ2n) is 7.56. The number of hydrogen-bond donors (Lipinski definition) is 1. The molecule has 0 aliphatic carbocycles. The summed E-state index contributed by atoms with van der Waals surface area (Å²) in [5.74, 6) is -0.314. The van der Waals surface area contributed by atoms with E-state index in [9.17, 15) is 18.0 Å². The molecule has 0 unspecified atom stereocenters. The second kappa shape index (κ2) is 12.3. The topological polar surface area (TPSA) is 96.0 Å². The summed E-state index contributed by atoms with van der Waals surface area (Å²) in [5.41, 5.74) is 0.957. The Morgan fingerprint density at radius 1 is 1.06 bits per heavy atom. The molecule has 1 N–H and O–H groups in total. The average Bonchev–Trinajstić information content (AvgIpc) is 2.79. The van der Waals surface area contributed by atoms with Gasteiger partial charge in [-0.3, -0.25) is 13.9 Å². The number of halogens is 2. The van der Waals surface area contributed by atoms with Crippen molar-refractivity contribution < 1.29 is 22.7 Å². The van der Waals surface area contributed by atoms with E-state index in [1.54, 1.807) is 56.3 Å². The number of sulfonamides is 1. The summed E-state index contributed by atoms with van der Waals surface area (Å²) >= 11 is 12.1. The predicted molar refractivity (Wildman–Crippen MR) is 135 cm³/mol. The minimum Gasteiger partial charge on any atom is -0.497 e. The Morgan fingerprint density at radius 2 is 1.71 bits per heavy atom. The molecule has 186 valence electrons. The van der Waals surface area contributed by atoms with E-state index in [1.807, 2.05) is 0 Å². The Balaban J connectivity index is 2.44. The van der Waals surface area contributed by atoms with Gasteiger partial charge in [-0.25, -0.2) is 8.42 Å². The molecule has 2 aromatic rings. The van der Waals surface area contributed by atoms with Crippen LogP contribution in [-0.2, 0) is 26.2 Å². The molecule has 0 radical (unpaired) electrons. The van der Waals surface area contributed by atoms with Crippen LogP contribution in [0.2, 0.25) is 10.0 Å². The molecule has 34 heavy (non-hydrogen) atoms. The van der Waals surface area contributed by atoms with E-state index >= 15 is 0 Å². The van der Waals surface area contributed by atoms with Gasteiger partial charge >= 0.3 is 0 Å². The Morgan fingerprint density at radius 3 is 2.21 bits per heavy atom. The number of anilines is 1. The number of ether oxygens (including phenoxy) is 1. The van der Waals surface area contributed by atoms with Gasteiger partial charge in [-0.1, -0.05) is 36.2 Å². The maximum atomic E-state index is 13.5. The van der Waals surface area contributed by atoms with Crippen molar-refractivity contribution in [2.75, 3.05) is 30.8 Å². The van der Waals surface area contributed by atoms with Crippen LogP contribution in [-0.4, -0.2) is 57.6 Å². The molecule has 0 aromatic heterocycles. The first-order chi connectivity index (χ1) is 16.0. The van der Waals surface area contributed by atoms with Gasteiger partial charge in [0.2, 0.25) is 21.8 Å². The Bertz CT molecular complexity index is 1110. The zero-order valence-corrected chi connectivity index (χ0v) is 21.9. The molecular weight excluding hydrogens is 501 g/mol. The van der Waals surface area contributed by atoms with Gasteiger partial charge in [0.05, 0.1) is 29.1 Å². The molecule has 11 heteroatoms. The number of rotatable bonds is 11. The number of nitrogens with one attached hydrogen (secondary N) is 1. The van der Waals surface area contributed by atoms with Gasteiger partial charge in [-0.05, 0) is 55.3 Å². The molecule has 2 aromatic carbocycles. The highest BCUT2D eigenvalue weighted by Crippen LogP contribution is 2.25. The number of methoxy groups -OCH3 is 1. The third-order valence-electron chi connectivity index (χ3n) is 5.11. The first kappa shape index (κ1) is 27.8. The van der Waals surface area contributed by atoms with E-state index in [0.717, 1.165) is 10.6 Å². The van der Waals surface area contributed by atoms with Crippen molar-refractivity contribution >= 4 is 50.7 Å². The summed E-state index contributed by atoms with van der Waals surface area (Å²) in [5, 5.41) is 3.42. The summed E-state index contributed by atoms with van der Waals surface area (Å²) in [6.07, 6.45) is 1.36. The van der Waals surface area contributed by atoms with Gasteiger partial charge in [0.1, 0.15) is 18.3 Å². The number of benzene rings is 2. The quantitative estimate of drug-likeness (QED) is 0.478. The maximum absolute atomic E-state index is 13.5. The first-order valence-corrected chi connectivity index (χ1v) is 13.2. The monoisotopic (exact) mass is 529 g/mol. The van der Waals surface area contributed by atoms with Crippen LogP contribution in [0.25, 0.3) is 0 Å². The SMILES string of the molecule is CCNC(=O)[C@H](CC)N(Cc1ccc(Cl)c(Cl)c1)C(=O)CN(c1ccc(OC)cc1)S(C)(=O)=O. The van der Waals surface area contributed by atoms with Crippen molar-refractivity contribution in [2.45, 2.75) is 32.9 Å². The Kier molecular flexibility index (Phi) is 10.0. The van der Waals surface area contributed by atoms with Crippen molar-refractivity contribution in [3.63, 3.8) is 0 Å². The molecule has 0 fully saturated rings.